The van der Waals surface area contributed by atoms with Crippen LogP contribution in [0.1, 0.15) is 24.1 Å². The standard InChI is InChI=1S/C24H23ClN2O2S/c1-14-5-7-17-19(27-14)8-9-21-24(17)29-22(12-26)20(28-21)4-2-3-15-13-30-23-10-6-16(25)11-18(15)23/h5-11,13,20,22H,2-4,12,26H2,1H3/t20?,22-/m0/s1. The molecule has 0 radical (unpaired) electrons. The number of hydrogen-bond acceptors (Lipinski definition) is 5. The van der Waals surface area contributed by atoms with E-state index >= 15 is 0 Å². The van der Waals surface area contributed by atoms with Gasteiger partial charge in [-0.05, 0) is 85.0 Å². The zero-order valence-corrected chi connectivity index (χ0v) is 18.3. The summed E-state index contributed by atoms with van der Waals surface area (Å²) in [4.78, 5) is 4.59. The summed E-state index contributed by atoms with van der Waals surface area (Å²) in [5.41, 5.74) is 9.27. The topological polar surface area (TPSA) is 57.4 Å². The van der Waals surface area contributed by atoms with E-state index in [1.54, 1.807) is 11.3 Å². The monoisotopic (exact) mass is 438 g/mol. The molecule has 2 N–H and O–H groups in total. The molecule has 4 nitrogen and oxygen atoms in total. The van der Waals surface area contributed by atoms with Crippen molar-refractivity contribution >= 4 is 43.9 Å². The summed E-state index contributed by atoms with van der Waals surface area (Å²) in [5, 5.41) is 5.23. The van der Waals surface area contributed by atoms with Crippen LogP contribution in [0.3, 0.4) is 0 Å². The maximum Gasteiger partial charge on any atom is 0.171 e. The number of halogens is 1. The molecule has 5 rings (SSSR count). The number of aromatic nitrogens is 1. The van der Waals surface area contributed by atoms with Gasteiger partial charge in [-0.15, -0.1) is 11.3 Å². The third kappa shape index (κ3) is 3.62. The Hall–Kier alpha value is -2.34. The molecule has 0 amide bonds. The Bertz CT molecular complexity index is 1220. The van der Waals surface area contributed by atoms with E-state index < -0.39 is 0 Å². The van der Waals surface area contributed by atoms with Crippen LogP contribution in [0.4, 0.5) is 0 Å². The lowest BCUT2D eigenvalue weighted by Gasteiger charge is -2.34. The first-order valence-corrected chi connectivity index (χ1v) is 11.5. The molecule has 0 spiro atoms. The van der Waals surface area contributed by atoms with E-state index in [9.17, 15) is 0 Å². The highest BCUT2D eigenvalue weighted by atomic mass is 35.5. The second-order valence-electron chi connectivity index (χ2n) is 7.75. The predicted octanol–water partition coefficient (Wildman–Crippen LogP) is 5.90. The number of pyridine rings is 1. The van der Waals surface area contributed by atoms with Gasteiger partial charge in [-0.2, -0.15) is 0 Å². The average molecular weight is 439 g/mol. The number of aryl methyl sites for hydroxylation is 2. The molecule has 0 saturated carbocycles. The Balaban J connectivity index is 1.33. The van der Waals surface area contributed by atoms with Gasteiger partial charge in [-0.1, -0.05) is 11.6 Å². The van der Waals surface area contributed by atoms with Crippen LogP contribution >= 0.6 is 22.9 Å². The minimum Gasteiger partial charge on any atom is -0.483 e. The fourth-order valence-corrected chi connectivity index (χ4v) is 5.28. The van der Waals surface area contributed by atoms with E-state index in [0.29, 0.717) is 6.54 Å². The Kier molecular flexibility index (Phi) is 5.27. The molecule has 30 heavy (non-hydrogen) atoms. The molecule has 2 aromatic heterocycles. The van der Waals surface area contributed by atoms with Crippen molar-refractivity contribution in [2.24, 2.45) is 5.73 Å². The average Bonchev–Trinajstić information content (AvgIpc) is 3.15. The summed E-state index contributed by atoms with van der Waals surface area (Å²) in [6.45, 7) is 2.40. The van der Waals surface area contributed by atoms with Crippen LogP contribution in [-0.2, 0) is 6.42 Å². The molecule has 0 saturated heterocycles. The molecule has 154 valence electrons. The van der Waals surface area contributed by atoms with Gasteiger partial charge in [-0.25, -0.2) is 0 Å². The fraction of sp³-hybridized carbons (Fsp3) is 0.292. The van der Waals surface area contributed by atoms with E-state index in [-0.39, 0.29) is 12.2 Å². The van der Waals surface area contributed by atoms with Crippen molar-refractivity contribution in [1.82, 2.24) is 4.98 Å². The first-order valence-electron chi connectivity index (χ1n) is 10.2. The molecule has 0 fully saturated rings. The molecule has 2 atom stereocenters. The van der Waals surface area contributed by atoms with Crippen LogP contribution in [0.2, 0.25) is 5.02 Å². The number of nitrogens with zero attached hydrogens (tertiary/aromatic N) is 1. The van der Waals surface area contributed by atoms with E-state index in [4.69, 9.17) is 26.8 Å². The van der Waals surface area contributed by atoms with E-state index in [2.05, 4.69) is 22.5 Å². The van der Waals surface area contributed by atoms with Crippen molar-refractivity contribution in [3.63, 3.8) is 0 Å². The lowest BCUT2D eigenvalue weighted by Crippen LogP contribution is -2.44. The predicted molar refractivity (Wildman–Crippen MR) is 124 cm³/mol. The summed E-state index contributed by atoms with van der Waals surface area (Å²) in [5.74, 6) is 1.53. The Morgan fingerprint density at radius 2 is 1.97 bits per heavy atom. The van der Waals surface area contributed by atoms with Gasteiger partial charge in [0.2, 0.25) is 0 Å². The zero-order valence-electron chi connectivity index (χ0n) is 16.7. The van der Waals surface area contributed by atoms with Gasteiger partial charge in [0.25, 0.3) is 0 Å². The molecule has 1 unspecified atom stereocenters. The number of thiophene rings is 1. The lowest BCUT2D eigenvalue weighted by atomic mass is 10.0. The van der Waals surface area contributed by atoms with Crippen LogP contribution < -0.4 is 15.2 Å². The Morgan fingerprint density at radius 3 is 2.83 bits per heavy atom. The highest BCUT2D eigenvalue weighted by Gasteiger charge is 2.31. The van der Waals surface area contributed by atoms with Crippen molar-refractivity contribution in [3.05, 3.63) is 64.1 Å². The largest absolute Gasteiger partial charge is 0.483 e. The highest BCUT2D eigenvalue weighted by Crippen LogP contribution is 2.40. The van der Waals surface area contributed by atoms with Gasteiger partial charge in [0.05, 0.1) is 5.52 Å². The minimum absolute atomic E-state index is 0.0631. The maximum absolute atomic E-state index is 6.35. The summed E-state index contributed by atoms with van der Waals surface area (Å²) < 4.78 is 13.9. The van der Waals surface area contributed by atoms with Crippen molar-refractivity contribution in [2.75, 3.05) is 6.54 Å². The zero-order chi connectivity index (χ0) is 20.7. The molecule has 2 aromatic carbocycles. The lowest BCUT2D eigenvalue weighted by molar-refractivity contribution is 0.0217. The number of hydrogen-bond donors (Lipinski definition) is 1. The second-order valence-corrected chi connectivity index (χ2v) is 9.10. The van der Waals surface area contributed by atoms with E-state index in [1.165, 1.54) is 15.6 Å². The Labute approximate surface area is 184 Å². The molecule has 0 aliphatic carbocycles. The fourth-order valence-electron chi connectivity index (χ4n) is 4.13. The summed E-state index contributed by atoms with van der Waals surface area (Å²) >= 11 is 7.95. The molecule has 1 aliphatic heterocycles. The van der Waals surface area contributed by atoms with Crippen LogP contribution in [0.25, 0.3) is 21.0 Å². The van der Waals surface area contributed by atoms with Crippen molar-refractivity contribution in [1.29, 1.82) is 0 Å². The Morgan fingerprint density at radius 1 is 1.07 bits per heavy atom. The number of benzene rings is 2. The van der Waals surface area contributed by atoms with Gasteiger partial charge in [-0.3, -0.25) is 4.98 Å². The molecule has 0 bridgehead atoms. The van der Waals surface area contributed by atoms with Crippen molar-refractivity contribution in [2.45, 2.75) is 38.4 Å². The minimum atomic E-state index is -0.168. The highest BCUT2D eigenvalue weighted by molar-refractivity contribution is 7.17. The molecular formula is C24H23ClN2O2S. The van der Waals surface area contributed by atoms with Gasteiger partial charge in [0.1, 0.15) is 12.2 Å². The first kappa shape index (κ1) is 19.6. The summed E-state index contributed by atoms with van der Waals surface area (Å²) in [6.07, 6.45) is 2.62. The normalized spacial score (nSPS) is 18.2. The van der Waals surface area contributed by atoms with Gasteiger partial charge in [0, 0.05) is 27.3 Å². The van der Waals surface area contributed by atoms with Gasteiger partial charge < -0.3 is 15.2 Å². The second kappa shape index (κ2) is 8.06. The van der Waals surface area contributed by atoms with Crippen LogP contribution in [0.15, 0.2) is 47.8 Å². The first-order chi connectivity index (χ1) is 14.6. The maximum atomic E-state index is 6.35. The van der Waals surface area contributed by atoms with Crippen LogP contribution in [0.5, 0.6) is 11.5 Å². The van der Waals surface area contributed by atoms with E-state index in [1.807, 2.05) is 37.3 Å². The third-order valence-electron chi connectivity index (χ3n) is 5.67. The number of ether oxygens (including phenoxy) is 2. The third-order valence-corrected chi connectivity index (χ3v) is 6.92. The molecule has 4 aromatic rings. The van der Waals surface area contributed by atoms with Crippen LogP contribution in [0, 0.1) is 6.92 Å². The summed E-state index contributed by atoms with van der Waals surface area (Å²) in [7, 11) is 0. The van der Waals surface area contributed by atoms with Gasteiger partial charge in [0.15, 0.2) is 11.5 Å². The molecule has 6 heteroatoms. The molecular weight excluding hydrogens is 416 g/mol. The number of fused-ring (bicyclic) bond motifs is 4. The quantitative estimate of drug-likeness (QED) is 0.421. The van der Waals surface area contributed by atoms with Crippen LogP contribution in [-0.4, -0.2) is 23.7 Å². The van der Waals surface area contributed by atoms with Crippen molar-refractivity contribution < 1.29 is 9.47 Å². The smallest absolute Gasteiger partial charge is 0.171 e. The van der Waals surface area contributed by atoms with E-state index in [0.717, 1.165) is 52.4 Å². The summed E-state index contributed by atoms with van der Waals surface area (Å²) in [6, 6.07) is 14.1. The van der Waals surface area contributed by atoms with Crippen molar-refractivity contribution in [3.8, 4) is 11.5 Å². The SMILES string of the molecule is Cc1ccc2c3c(ccc2n1)OC(CCCc1csc2ccc(Cl)cc12)[C@H](CN)O3. The van der Waals surface area contributed by atoms with Gasteiger partial charge >= 0.3 is 0 Å². The molecule has 3 heterocycles. The number of nitrogens with two attached hydrogens (primary N) is 1. The molecule has 1 aliphatic rings. The number of rotatable bonds is 5.